The Morgan fingerprint density at radius 1 is 0.906 bits per heavy atom. The van der Waals surface area contributed by atoms with Crippen LogP contribution in [0, 0.1) is 0 Å². The number of methoxy groups -OCH3 is 2. The van der Waals surface area contributed by atoms with E-state index < -0.39 is 0 Å². The van der Waals surface area contributed by atoms with Gasteiger partial charge in [-0.15, -0.1) is 0 Å². The topological polar surface area (TPSA) is 105 Å². The van der Waals surface area contributed by atoms with Gasteiger partial charge in [0, 0.05) is 20.3 Å². The van der Waals surface area contributed by atoms with Crippen molar-refractivity contribution in [2.45, 2.75) is 0 Å². The number of rotatable bonds is 15. The standard InChI is InChI=1S/C23H29NO8/c1-27-11-13-29-16-31-21-9-7-18(15-22(21)32-17-30-14-12-28-2)8-10-23(26)24-19-5-3-4-6-20(19)25/h3-10,15,25H,11-14,16-17H2,1-2H3,(H,24,26). The maximum Gasteiger partial charge on any atom is 0.248 e. The van der Waals surface area contributed by atoms with Crippen LogP contribution in [0.1, 0.15) is 5.56 Å². The van der Waals surface area contributed by atoms with Crippen LogP contribution in [0.5, 0.6) is 17.2 Å². The highest BCUT2D eigenvalue weighted by Crippen LogP contribution is 2.29. The van der Waals surface area contributed by atoms with Gasteiger partial charge >= 0.3 is 0 Å². The molecule has 0 aliphatic heterocycles. The first-order valence-electron chi connectivity index (χ1n) is 9.94. The van der Waals surface area contributed by atoms with Crippen LogP contribution in [0.2, 0.25) is 0 Å². The fraction of sp³-hybridized carbons (Fsp3) is 0.348. The van der Waals surface area contributed by atoms with Crippen molar-refractivity contribution in [1.82, 2.24) is 0 Å². The minimum absolute atomic E-state index is 0.00515. The average Bonchev–Trinajstić information content (AvgIpc) is 2.80. The van der Waals surface area contributed by atoms with Crippen LogP contribution in [0.4, 0.5) is 5.69 Å². The molecule has 0 saturated carbocycles. The molecule has 9 heteroatoms. The Hall–Kier alpha value is -3.11. The summed E-state index contributed by atoms with van der Waals surface area (Å²) in [6.45, 7) is 1.74. The van der Waals surface area contributed by atoms with Crippen LogP contribution in [0.15, 0.2) is 48.5 Å². The number of phenols is 1. The number of benzene rings is 2. The number of ether oxygens (including phenoxy) is 6. The van der Waals surface area contributed by atoms with Crippen molar-refractivity contribution in [3.05, 3.63) is 54.1 Å². The Morgan fingerprint density at radius 2 is 1.56 bits per heavy atom. The van der Waals surface area contributed by atoms with Gasteiger partial charge in [0.1, 0.15) is 5.75 Å². The maximum atomic E-state index is 12.2. The van der Waals surface area contributed by atoms with Crippen LogP contribution in [-0.4, -0.2) is 65.2 Å². The normalized spacial score (nSPS) is 10.9. The monoisotopic (exact) mass is 447 g/mol. The number of anilines is 1. The molecule has 0 saturated heterocycles. The van der Waals surface area contributed by atoms with Crippen LogP contribution in [-0.2, 0) is 23.7 Å². The lowest BCUT2D eigenvalue weighted by atomic mass is 10.2. The molecular formula is C23H29NO8. The van der Waals surface area contributed by atoms with Crippen molar-refractivity contribution in [3.8, 4) is 17.2 Å². The second kappa shape index (κ2) is 14.8. The van der Waals surface area contributed by atoms with Crippen LogP contribution < -0.4 is 14.8 Å². The van der Waals surface area contributed by atoms with Gasteiger partial charge in [0.25, 0.3) is 0 Å². The molecule has 32 heavy (non-hydrogen) atoms. The lowest BCUT2D eigenvalue weighted by Crippen LogP contribution is -2.11. The van der Waals surface area contributed by atoms with Crippen molar-refractivity contribution in [2.24, 2.45) is 0 Å². The summed E-state index contributed by atoms with van der Waals surface area (Å²) in [6, 6.07) is 11.7. The minimum atomic E-state index is -0.385. The highest BCUT2D eigenvalue weighted by molar-refractivity contribution is 6.02. The second-order valence-electron chi connectivity index (χ2n) is 6.37. The number of amides is 1. The zero-order chi connectivity index (χ0) is 23.0. The summed E-state index contributed by atoms with van der Waals surface area (Å²) in [7, 11) is 3.18. The van der Waals surface area contributed by atoms with Crippen LogP contribution >= 0.6 is 0 Å². The number of para-hydroxylation sites is 2. The molecule has 0 aliphatic rings. The van der Waals surface area contributed by atoms with E-state index in [0.717, 1.165) is 0 Å². The van der Waals surface area contributed by atoms with Gasteiger partial charge in [0.05, 0.1) is 32.1 Å². The van der Waals surface area contributed by atoms with E-state index in [1.807, 2.05) is 0 Å². The van der Waals surface area contributed by atoms with Gasteiger partial charge in [-0.05, 0) is 35.9 Å². The van der Waals surface area contributed by atoms with E-state index >= 15 is 0 Å². The first-order valence-corrected chi connectivity index (χ1v) is 9.94. The predicted molar refractivity (Wildman–Crippen MR) is 119 cm³/mol. The Bertz CT molecular complexity index is 856. The molecule has 9 nitrogen and oxygen atoms in total. The molecule has 0 spiro atoms. The van der Waals surface area contributed by atoms with E-state index in [0.29, 0.717) is 49.2 Å². The molecular weight excluding hydrogens is 418 g/mol. The lowest BCUT2D eigenvalue weighted by molar-refractivity contribution is -0.111. The van der Waals surface area contributed by atoms with E-state index in [1.165, 1.54) is 12.1 Å². The Morgan fingerprint density at radius 3 is 2.22 bits per heavy atom. The van der Waals surface area contributed by atoms with Gasteiger partial charge in [-0.3, -0.25) is 4.79 Å². The number of hydrogen-bond donors (Lipinski definition) is 2. The fourth-order valence-electron chi connectivity index (χ4n) is 2.40. The van der Waals surface area contributed by atoms with Gasteiger partial charge in [-0.2, -0.15) is 0 Å². The van der Waals surface area contributed by atoms with Crippen molar-refractivity contribution in [1.29, 1.82) is 0 Å². The molecule has 2 aromatic carbocycles. The third-order valence-corrected chi connectivity index (χ3v) is 4.02. The summed E-state index contributed by atoms with van der Waals surface area (Å²) < 4.78 is 31.8. The third-order valence-electron chi connectivity index (χ3n) is 4.02. The molecule has 0 unspecified atom stereocenters. The predicted octanol–water partition coefficient (Wildman–Crippen LogP) is 3.04. The largest absolute Gasteiger partial charge is 0.506 e. The number of carbonyl (C=O) groups excluding carboxylic acids is 1. The average molecular weight is 447 g/mol. The molecule has 1 amide bonds. The maximum absolute atomic E-state index is 12.2. The van der Waals surface area contributed by atoms with Crippen molar-refractivity contribution >= 4 is 17.7 Å². The smallest absolute Gasteiger partial charge is 0.248 e. The number of carbonyl (C=O) groups is 1. The number of nitrogens with one attached hydrogen (secondary N) is 1. The van der Waals surface area contributed by atoms with Crippen molar-refractivity contribution in [3.63, 3.8) is 0 Å². The van der Waals surface area contributed by atoms with E-state index in [1.54, 1.807) is 56.7 Å². The highest BCUT2D eigenvalue weighted by atomic mass is 16.7. The summed E-state index contributed by atoms with van der Waals surface area (Å²) >= 11 is 0. The molecule has 2 rings (SSSR count). The van der Waals surface area contributed by atoms with E-state index in [9.17, 15) is 9.90 Å². The molecule has 0 radical (unpaired) electrons. The Kier molecular flexibility index (Phi) is 11.6. The molecule has 0 atom stereocenters. The van der Waals surface area contributed by atoms with Crippen LogP contribution in [0.25, 0.3) is 6.08 Å². The van der Waals surface area contributed by atoms with E-state index in [-0.39, 0.29) is 25.2 Å². The Labute approximate surface area is 187 Å². The van der Waals surface area contributed by atoms with Gasteiger partial charge in [-0.1, -0.05) is 18.2 Å². The number of phenolic OH excluding ortho intramolecular Hbond substituents is 1. The molecule has 0 aromatic heterocycles. The zero-order valence-electron chi connectivity index (χ0n) is 18.2. The summed E-state index contributed by atoms with van der Waals surface area (Å²) in [5.41, 5.74) is 1.04. The molecule has 0 fully saturated rings. The third kappa shape index (κ3) is 9.36. The van der Waals surface area contributed by atoms with Crippen molar-refractivity contribution < 1.29 is 38.3 Å². The highest BCUT2D eigenvalue weighted by Gasteiger charge is 2.08. The summed E-state index contributed by atoms with van der Waals surface area (Å²) in [4.78, 5) is 12.2. The van der Waals surface area contributed by atoms with Crippen molar-refractivity contribution in [2.75, 3.05) is 59.5 Å². The van der Waals surface area contributed by atoms with Gasteiger partial charge in [0.2, 0.25) is 5.91 Å². The number of aromatic hydroxyl groups is 1. The second-order valence-corrected chi connectivity index (χ2v) is 6.37. The van der Waals surface area contributed by atoms with Gasteiger partial charge in [0.15, 0.2) is 25.1 Å². The van der Waals surface area contributed by atoms with Crippen LogP contribution in [0.3, 0.4) is 0 Å². The van der Waals surface area contributed by atoms with Gasteiger partial charge < -0.3 is 38.8 Å². The number of hydrogen-bond acceptors (Lipinski definition) is 8. The molecule has 2 N–H and O–H groups in total. The summed E-state index contributed by atoms with van der Waals surface area (Å²) in [6.07, 6.45) is 2.97. The molecule has 0 aliphatic carbocycles. The first kappa shape index (κ1) is 25.2. The van der Waals surface area contributed by atoms with Gasteiger partial charge in [-0.25, -0.2) is 0 Å². The zero-order valence-corrected chi connectivity index (χ0v) is 18.2. The summed E-state index contributed by atoms with van der Waals surface area (Å²) in [5, 5.41) is 12.4. The SMILES string of the molecule is COCCOCOc1ccc(C=CC(=O)Nc2ccccc2O)cc1OCOCCOC. The molecule has 0 heterocycles. The molecule has 174 valence electrons. The quantitative estimate of drug-likeness (QED) is 0.186. The molecule has 0 bridgehead atoms. The molecule has 2 aromatic rings. The summed E-state index contributed by atoms with van der Waals surface area (Å²) in [5.74, 6) is 0.506. The van der Waals surface area contributed by atoms with E-state index in [2.05, 4.69) is 5.32 Å². The fourth-order valence-corrected chi connectivity index (χ4v) is 2.40. The minimum Gasteiger partial charge on any atom is -0.506 e. The lowest BCUT2D eigenvalue weighted by Gasteiger charge is -2.14. The first-order chi connectivity index (χ1) is 15.6. The Balaban J connectivity index is 2.00. The van der Waals surface area contributed by atoms with E-state index in [4.69, 9.17) is 28.4 Å².